The zero-order valence-corrected chi connectivity index (χ0v) is 18.2. The van der Waals surface area contributed by atoms with Crippen LogP contribution in [0.2, 0.25) is 0 Å². The molecule has 146 valence electrons. The van der Waals surface area contributed by atoms with Gasteiger partial charge in [0.1, 0.15) is 6.26 Å². The highest BCUT2D eigenvalue weighted by molar-refractivity contribution is 14.0. The zero-order chi connectivity index (χ0) is 17.4. The van der Waals surface area contributed by atoms with Gasteiger partial charge < -0.3 is 19.5 Å². The van der Waals surface area contributed by atoms with Crippen LogP contribution in [0.5, 0.6) is 0 Å². The smallest absolute Gasteiger partial charge is 0.193 e. The molecule has 7 nitrogen and oxygen atoms in total. The van der Waals surface area contributed by atoms with E-state index in [1.165, 1.54) is 0 Å². The number of nitrogens with zero attached hydrogens (tertiary/aromatic N) is 4. The summed E-state index contributed by atoms with van der Waals surface area (Å²) in [6, 6.07) is 2.39. The first-order chi connectivity index (χ1) is 12.1. The maximum absolute atomic E-state index is 5.91. The summed E-state index contributed by atoms with van der Waals surface area (Å²) in [5.41, 5.74) is 1.17. The average Bonchev–Trinajstić information content (AvgIpc) is 3.27. The van der Waals surface area contributed by atoms with E-state index in [4.69, 9.17) is 9.26 Å². The van der Waals surface area contributed by atoms with Crippen molar-refractivity contribution >= 4 is 29.9 Å². The summed E-state index contributed by atoms with van der Waals surface area (Å²) in [6.45, 7) is 10.3. The van der Waals surface area contributed by atoms with Gasteiger partial charge in [0.25, 0.3) is 0 Å². The predicted molar refractivity (Wildman–Crippen MR) is 111 cm³/mol. The second-order valence-corrected chi connectivity index (χ2v) is 7.99. The van der Waals surface area contributed by atoms with E-state index in [0.29, 0.717) is 18.1 Å². The van der Waals surface area contributed by atoms with Crippen LogP contribution in [0.15, 0.2) is 21.8 Å². The van der Waals surface area contributed by atoms with E-state index in [0.717, 1.165) is 57.4 Å². The van der Waals surface area contributed by atoms with Gasteiger partial charge in [-0.1, -0.05) is 19.0 Å². The van der Waals surface area contributed by atoms with Gasteiger partial charge in [0.05, 0.1) is 11.8 Å². The van der Waals surface area contributed by atoms with Crippen LogP contribution in [-0.4, -0.2) is 72.9 Å². The molecule has 3 atom stereocenters. The van der Waals surface area contributed by atoms with Crippen molar-refractivity contribution in [1.29, 1.82) is 0 Å². The molecule has 1 saturated carbocycles. The number of piperazine rings is 1. The van der Waals surface area contributed by atoms with Crippen molar-refractivity contribution in [2.45, 2.75) is 39.0 Å². The molecule has 0 aromatic carbocycles. The van der Waals surface area contributed by atoms with E-state index in [1.807, 2.05) is 13.1 Å². The van der Waals surface area contributed by atoms with Gasteiger partial charge in [-0.25, -0.2) is 0 Å². The fraction of sp³-hybridized carbons (Fsp3) is 0.778. The molecular formula is C18H30IN5O2. The quantitative estimate of drug-likeness (QED) is 0.409. The Morgan fingerprint density at radius 2 is 2.12 bits per heavy atom. The van der Waals surface area contributed by atoms with E-state index >= 15 is 0 Å². The van der Waals surface area contributed by atoms with Crippen LogP contribution in [-0.2, 0) is 11.3 Å². The largest absolute Gasteiger partial charge is 0.377 e. The number of hydrogen-bond donors (Lipinski definition) is 1. The molecular weight excluding hydrogens is 445 g/mol. The van der Waals surface area contributed by atoms with Crippen LogP contribution in [0.3, 0.4) is 0 Å². The number of rotatable bonds is 3. The topological polar surface area (TPSA) is 66.1 Å². The van der Waals surface area contributed by atoms with Crippen LogP contribution in [0.1, 0.15) is 26.0 Å². The molecule has 1 aliphatic carbocycles. The summed E-state index contributed by atoms with van der Waals surface area (Å²) in [5.74, 6) is 1.66. The Hall–Kier alpha value is -0.870. The lowest BCUT2D eigenvalue weighted by atomic mass is 9.57. The van der Waals surface area contributed by atoms with E-state index in [2.05, 4.69) is 39.1 Å². The van der Waals surface area contributed by atoms with Gasteiger partial charge in [-0.05, 0) is 6.42 Å². The summed E-state index contributed by atoms with van der Waals surface area (Å²) >= 11 is 0. The monoisotopic (exact) mass is 475 g/mol. The lowest BCUT2D eigenvalue weighted by Gasteiger charge is -2.55. The second kappa shape index (κ2) is 8.02. The van der Waals surface area contributed by atoms with Crippen molar-refractivity contribution < 1.29 is 9.26 Å². The number of fused-ring (bicyclic) bond motifs is 1. The summed E-state index contributed by atoms with van der Waals surface area (Å²) in [5, 5.41) is 7.75. The first-order valence-corrected chi connectivity index (χ1v) is 9.31. The number of aromatic nitrogens is 1. The average molecular weight is 475 g/mol. The van der Waals surface area contributed by atoms with E-state index in [1.54, 1.807) is 6.26 Å². The van der Waals surface area contributed by atoms with Crippen LogP contribution >= 0.6 is 24.0 Å². The highest BCUT2D eigenvalue weighted by Crippen LogP contribution is 2.52. The first kappa shape index (κ1) is 19.9. The molecule has 1 aromatic rings. The molecule has 0 amide bonds. The molecule has 0 spiro atoms. The Labute approximate surface area is 172 Å². The second-order valence-electron chi connectivity index (χ2n) is 7.99. The maximum atomic E-state index is 5.91. The molecule has 4 rings (SSSR count). The fourth-order valence-electron chi connectivity index (χ4n) is 4.72. The minimum atomic E-state index is 0. The van der Waals surface area contributed by atoms with Crippen molar-refractivity contribution in [3.05, 3.63) is 18.0 Å². The van der Waals surface area contributed by atoms with Crippen LogP contribution in [0, 0.1) is 11.3 Å². The third kappa shape index (κ3) is 3.60. The molecule has 3 heterocycles. The van der Waals surface area contributed by atoms with Crippen molar-refractivity contribution in [2.24, 2.45) is 16.3 Å². The van der Waals surface area contributed by atoms with Crippen LogP contribution < -0.4 is 5.32 Å². The molecule has 26 heavy (non-hydrogen) atoms. The highest BCUT2D eigenvalue weighted by Gasteiger charge is 2.59. The standard InChI is InChI=1S/C18H29N5O2.HI/c1-18(2)15(14-5-10-24-16(14)18)20-17(19-3)23-8-6-22(7-9-23)12-13-4-11-25-21-13;/h4,11,14-16H,5-10,12H2,1-3H3,(H,19,20);1H. The van der Waals surface area contributed by atoms with Crippen LogP contribution in [0.25, 0.3) is 0 Å². The number of guanidine groups is 1. The number of ether oxygens (including phenoxy) is 1. The lowest BCUT2D eigenvalue weighted by Crippen LogP contribution is -2.68. The van der Waals surface area contributed by atoms with Gasteiger partial charge in [0.15, 0.2) is 5.96 Å². The number of aliphatic imine (C=N–C) groups is 1. The fourth-order valence-corrected chi connectivity index (χ4v) is 4.72. The molecule has 0 radical (unpaired) electrons. The van der Waals surface area contributed by atoms with Gasteiger partial charge in [-0.2, -0.15) is 0 Å². The van der Waals surface area contributed by atoms with Gasteiger partial charge in [0, 0.05) is 69.8 Å². The predicted octanol–water partition coefficient (Wildman–Crippen LogP) is 1.80. The number of hydrogen-bond acceptors (Lipinski definition) is 5. The minimum absolute atomic E-state index is 0. The van der Waals surface area contributed by atoms with Crippen LogP contribution in [0.4, 0.5) is 0 Å². The van der Waals surface area contributed by atoms with Crippen molar-refractivity contribution in [2.75, 3.05) is 39.8 Å². The molecule has 3 unspecified atom stereocenters. The molecule has 1 aromatic heterocycles. The van der Waals surface area contributed by atoms with Gasteiger partial charge in [-0.3, -0.25) is 9.89 Å². The Bertz CT molecular complexity index is 613. The summed E-state index contributed by atoms with van der Waals surface area (Å²) in [6.07, 6.45) is 3.20. The first-order valence-electron chi connectivity index (χ1n) is 9.31. The summed E-state index contributed by atoms with van der Waals surface area (Å²) in [7, 11) is 1.89. The van der Waals surface area contributed by atoms with Gasteiger partial charge >= 0.3 is 0 Å². The highest BCUT2D eigenvalue weighted by atomic mass is 127. The normalized spacial score (nSPS) is 31.1. The zero-order valence-electron chi connectivity index (χ0n) is 15.9. The Kier molecular flexibility index (Phi) is 6.13. The van der Waals surface area contributed by atoms with Crippen molar-refractivity contribution in [3.63, 3.8) is 0 Å². The minimum Gasteiger partial charge on any atom is -0.377 e. The van der Waals surface area contributed by atoms with E-state index in [-0.39, 0.29) is 29.4 Å². The van der Waals surface area contributed by atoms with Gasteiger partial charge in [0.2, 0.25) is 0 Å². The molecule has 8 heteroatoms. The van der Waals surface area contributed by atoms with Gasteiger partial charge in [-0.15, -0.1) is 24.0 Å². The molecule has 3 aliphatic rings. The Morgan fingerprint density at radius 1 is 1.35 bits per heavy atom. The molecule has 3 fully saturated rings. The third-order valence-electron chi connectivity index (χ3n) is 6.15. The molecule has 2 saturated heterocycles. The van der Waals surface area contributed by atoms with E-state index < -0.39 is 0 Å². The summed E-state index contributed by atoms with van der Waals surface area (Å²) < 4.78 is 10.8. The number of nitrogens with one attached hydrogen (secondary N) is 1. The van der Waals surface area contributed by atoms with Crippen molar-refractivity contribution in [1.82, 2.24) is 20.3 Å². The van der Waals surface area contributed by atoms with E-state index in [9.17, 15) is 0 Å². The molecule has 0 bridgehead atoms. The number of halogens is 1. The Balaban J connectivity index is 0.00000196. The Morgan fingerprint density at radius 3 is 2.77 bits per heavy atom. The SMILES string of the molecule is CN=C(NC1C2CCOC2C1(C)C)N1CCN(Cc2ccon2)CC1.I. The maximum Gasteiger partial charge on any atom is 0.193 e. The molecule has 2 aliphatic heterocycles. The summed E-state index contributed by atoms with van der Waals surface area (Å²) in [4.78, 5) is 9.34. The molecule has 1 N–H and O–H groups in total. The van der Waals surface area contributed by atoms with Crippen molar-refractivity contribution in [3.8, 4) is 0 Å². The third-order valence-corrected chi connectivity index (χ3v) is 6.15. The lowest BCUT2D eigenvalue weighted by molar-refractivity contribution is -0.107.